The lowest BCUT2D eigenvalue weighted by Crippen LogP contribution is -2.24. The van der Waals surface area contributed by atoms with Crippen LogP contribution >= 0.6 is 0 Å². The van der Waals surface area contributed by atoms with Gasteiger partial charge in [0.2, 0.25) is 0 Å². The molecule has 0 fully saturated rings. The number of aromatic nitrogens is 1. The van der Waals surface area contributed by atoms with E-state index in [4.69, 9.17) is 0 Å². The van der Waals surface area contributed by atoms with Crippen LogP contribution < -0.4 is 5.32 Å². The summed E-state index contributed by atoms with van der Waals surface area (Å²) in [5, 5.41) is 4.84. The molecule has 0 atom stereocenters. The zero-order valence-corrected chi connectivity index (χ0v) is 10.3. The lowest BCUT2D eigenvalue weighted by atomic mass is 10.1. The first-order valence-corrected chi connectivity index (χ1v) is 5.95. The number of nitrogens with one attached hydrogen (secondary N) is 1. The van der Waals surface area contributed by atoms with Crippen LogP contribution in [-0.2, 0) is 13.5 Å². The van der Waals surface area contributed by atoms with E-state index < -0.39 is 0 Å². The van der Waals surface area contributed by atoms with E-state index in [1.807, 2.05) is 0 Å². The monoisotopic (exact) mass is 216 g/mol. The maximum atomic E-state index is 3.46. The van der Waals surface area contributed by atoms with Crippen LogP contribution in [-0.4, -0.2) is 17.2 Å². The molecule has 16 heavy (non-hydrogen) atoms. The Kier molecular flexibility index (Phi) is 3.30. The first-order valence-electron chi connectivity index (χ1n) is 5.95. The smallest absolute Gasteiger partial charge is 0.0480 e. The minimum atomic E-state index is 0.565. The third-order valence-corrected chi connectivity index (χ3v) is 2.93. The van der Waals surface area contributed by atoms with E-state index in [2.05, 4.69) is 61.2 Å². The summed E-state index contributed by atoms with van der Waals surface area (Å²) in [7, 11) is 2.11. The maximum Gasteiger partial charge on any atom is 0.0480 e. The van der Waals surface area contributed by atoms with Gasteiger partial charge in [-0.15, -0.1) is 0 Å². The van der Waals surface area contributed by atoms with Crippen molar-refractivity contribution in [3.05, 3.63) is 36.0 Å². The van der Waals surface area contributed by atoms with Crippen LogP contribution in [0.5, 0.6) is 0 Å². The summed E-state index contributed by atoms with van der Waals surface area (Å²) in [6.07, 6.45) is 3.34. The highest BCUT2D eigenvalue weighted by Gasteiger charge is 2.05. The van der Waals surface area contributed by atoms with E-state index in [1.165, 1.54) is 16.5 Å². The molecule has 2 nitrogen and oxygen atoms in total. The fourth-order valence-corrected chi connectivity index (χ4v) is 2.12. The lowest BCUT2D eigenvalue weighted by Gasteiger charge is -2.06. The quantitative estimate of drug-likeness (QED) is 0.831. The number of hydrogen-bond acceptors (Lipinski definition) is 1. The first kappa shape index (κ1) is 11.2. The Morgan fingerprint density at radius 1 is 1.25 bits per heavy atom. The SMILES string of the molecule is CC(C)NCCc1cn(C)c2ccccc12. The minimum Gasteiger partial charge on any atom is -0.350 e. The van der Waals surface area contributed by atoms with Gasteiger partial charge in [0.05, 0.1) is 0 Å². The minimum absolute atomic E-state index is 0.565. The van der Waals surface area contributed by atoms with E-state index in [9.17, 15) is 0 Å². The molecule has 0 unspecified atom stereocenters. The Morgan fingerprint density at radius 3 is 2.75 bits per heavy atom. The van der Waals surface area contributed by atoms with Crippen molar-refractivity contribution in [3.8, 4) is 0 Å². The Balaban J connectivity index is 2.18. The van der Waals surface area contributed by atoms with Gasteiger partial charge < -0.3 is 9.88 Å². The molecule has 1 aromatic heterocycles. The van der Waals surface area contributed by atoms with E-state index in [0.29, 0.717) is 6.04 Å². The van der Waals surface area contributed by atoms with Gasteiger partial charge in [0.15, 0.2) is 0 Å². The Morgan fingerprint density at radius 2 is 2.00 bits per heavy atom. The second kappa shape index (κ2) is 4.71. The largest absolute Gasteiger partial charge is 0.350 e. The van der Waals surface area contributed by atoms with Crippen molar-refractivity contribution in [1.82, 2.24) is 9.88 Å². The van der Waals surface area contributed by atoms with Crippen molar-refractivity contribution < 1.29 is 0 Å². The number of para-hydroxylation sites is 1. The Bertz CT molecular complexity index is 469. The van der Waals surface area contributed by atoms with Gasteiger partial charge in [-0.2, -0.15) is 0 Å². The summed E-state index contributed by atoms with van der Waals surface area (Å²) in [5.41, 5.74) is 2.76. The summed E-state index contributed by atoms with van der Waals surface area (Å²) in [6, 6.07) is 9.16. The third-order valence-electron chi connectivity index (χ3n) is 2.93. The normalized spacial score (nSPS) is 11.5. The van der Waals surface area contributed by atoms with Crippen molar-refractivity contribution in [2.45, 2.75) is 26.3 Å². The van der Waals surface area contributed by atoms with E-state index in [0.717, 1.165) is 13.0 Å². The van der Waals surface area contributed by atoms with Gasteiger partial charge in [-0.25, -0.2) is 0 Å². The fraction of sp³-hybridized carbons (Fsp3) is 0.429. The average Bonchev–Trinajstić information content (AvgIpc) is 2.57. The van der Waals surface area contributed by atoms with Crippen LogP contribution in [0.2, 0.25) is 0 Å². The van der Waals surface area contributed by atoms with Gasteiger partial charge >= 0.3 is 0 Å². The highest BCUT2D eigenvalue weighted by atomic mass is 14.9. The van der Waals surface area contributed by atoms with Crippen LogP contribution in [0.25, 0.3) is 10.9 Å². The molecule has 2 heteroatoms. The molecule has 0 saturated carbocycles. The predicted molar refractivity (Wildman–Crippen MR) is 69.8 cm³/mol. The van der Waals surface area contributed by atoms with Gasteiger partial charge in [-0.1, -0.05) is 32.0 Å². The molecule has 1 heterocycles. The maximum absolute atomic E-state index is 3.46. The first-order chi connectivity index (χ1) is 7.68. The Labute approximate surface area is 97.3 Å². The average molecular weight is 216 g/mol. The molecule has 2 rings (SSSR count). The number of rotatable bonds is 4. The molecular formula is C14H20N2. The van der Waals surface area contributed by atoms with Crippen LogP contribution in [0, 0.1) is 0 Å². The summed E-state index contributed by atoms with van der Waals surface area (Å²) in [6.45, 7) is 5.41. The molecule has 0 saturated heterocycles. The molecule has 0 aliphatic rings. The van der Waals surface area contributed by atoms with Gasteiger partial charge in [-0.05, 0) is 24.6 Å². The molecule has 1 N–H and O–H groups in total. The van der Waals surface area contributed by atoms with Gasteiger partial charge in [0, 0.05) is 30.2 Å². The second-order valence-electron chi connectivity index (χ2n) is 4.64. The zero-order chi connectivity index (χ0) is 11.5. The molecule has 1 aromatic carbocycles. The van der Waals surface area contributed by atoms with Gasteiger partial charge in [0.1, 0.15) is 0 Å². The number of hydrogen-bond donors (Lipinski definition) is 1. The molecule has 0 amide bonds. The van der Waals surface area contributed by atoms with Gasteiger partial charge in [0.25, 0.3) is 0 Å². The molecule has 2 aromatic rings. The fourth-order valence-electron chi connectivity index (χ4n) is 2.12. The summed E-state index contributed by atoms with van der Waals surface area (Å²) in [5.74, 6) is 0. The molecule has 86 valence electrons. The number of aryl methyl sites for hydroxylation is 1. The molecule has 0 aliphatic carbocycles. The molecule has 0 bridgehead atoms. The van der Waals surface area contributed by atoms with Crippen LogP contribution in [0.1, 0.15) is 19.4 Å². The Hall–Kier alpha value is -1.28. The highest BCUT2D eigenvalue weighted by molar-refractivity contribution is 5.83. The van der Waals surface area contributed by atoms with Crippen molar-refractivity contribution in [1.29, 1.82) is 0 Å². The van der Waals surface area contributed by atoms with E-state index >= 15 is 0 Å². The molecule has 0 aliphatic heterocycles. The number of benzene rings is 1. The van der Waals surface area contributed by atoms with Crippen molar-refractivity contribution >= 4 is 10.9 Å². The highest BCUT2D eigenvalue weighted by Crippen LogP contribution is 2.20. The summed E-state index contributed by atoms with van der Waals surface area (Å²) >= 11 is 0. The molecule has 0 spiro atoms. The molecular weight excluding hydrogens is 196 g/mol. The third kappa shape index (κ3) is 2.27. The standard InChI is InChI=1S/C14H20N2/c1-11(2)15-9-8-12-10-16(3)14-7-5-4-6-13(12)14/h4-7,10-11,15H,8-9H2,1-3H3. The van der Waals surface area contributed by atoms with Crippen LogP contribution in [0.3, 0.4) is 0 Å². The number of nitrogens with zero attached hydrogens (tertiary/aromatic N) is 1. The second-order valence-corrected chi connectivity index (χ2v) is 4.64. The van der Waals surface area contributed by atoms with Crippen molar-refractivity contribution in [3.63, 3.8) is 0 Å². The van der Waals surface area contributed by atoms with E-state index in [-0.39, 0.29) is 0 Å². The van der Waals surface area contributed by atoms with E-state index in [1.54, 1.807) is 0 Å². The zero-order valence-electron chi connectivity index (χ0n) is 10.3. The topological polar surface area (TPSA) is 17.0 Å². The summed E-state index contributed by atoms with van der Waals surface area (Å²) < 4.78 is 2.21. The summed E-state index contributed by atoms with van der Waals surface area (Å²) in [4.78, 5) is 0. The van der Waals surface area contributed by atoms with Gasteiger partial charge in [-0.3, -0.25) is 0 Å². The van der Waals surface area contributed by atoms with Crippen LogP contribution in [0.4, 0.5) is 0 Å². The predicted octanol–water partition coefficient (Wildman–Crippen LogP) is 2.72. The van der Waals surface area contributed by atoms with Crippen molar-refractivity contribution in [2.75, 3.05) is 6.54 Å². The van der Waals surface area contributed by atoms with Crippen molar-refractivity contribution in [2.24, 2.45) is 7.05 Å². The molecule has 0 radical (unpaired) electrons. The number of fused-ring (bicyclic) bond motifs is 1. The lowest BCUT2D eigenvalue weighted by molar-refractivity contribution is 0.591. The van der Waals surface area contributed by atoms with Crippen LogP contribution in [0.15, 0.2) is 30.5 Å².